The fraction of sp³-hybridized carbons (Fsp3) is 0.286. The van der Waals surface area contributed by atoms with E-state index in [-0.39, 0.29) is 5.91 Å². The first kappa shape index (κ1) is 24.7. The van der Waals surface area contributed by atoms with Crippen molar-refractivity contribution in [3.05, 3.63) is 78.4 Å². The highest BCUT2D eigenvalue weighted by molar-refractivity contribution is 7.22. The van der Waals surface area contributed by atoms with Crippen molar-refractivity contribution < 1.29 is 14.3 Å². The lowest BCUT2D eigenvalue weighted by molar-refractivity contribution is 0.0983. The van der Waals surface area contributed by atoms with Gasteiger partial charge in [-0.3, -0.25) is 9.69 Å². The summed E-state index contributed by atoms with van der Waals surface area (Å²) in [5, 5.41) is 0.681. The van der Waals surface area contributed by atoms with E-state index < -0.39 is 0 Å². The normalized spacial score (nSPS) is 11.1. The van der Waals surface area contributed by atoms with Gasteiger partial charge in [-0.25, -0.2) is 4.98 Å². The molecule has 3 aromatic carbocycles. The molecule has 6 nitrogen and oxygen atoms in total. The van der Waals surface area contributed by atoms with Gasteiger partial charge in [-0.15, -0.1) is 0 Å². The van der Waals surface area contributed by atoms with Crippen LogP contribution in [0.3, 0.4) is 0 Å². The number of anilines is 1. The summed E-state index contributed by atoms with van der Waals surface area (Å²) in [5.74, 6) is 2.06. The lowest BCUT2D eigenvalue weighted by Gasteiger charge is -2.25. The molecule has 0 aliphatic rings. The van der Waals surface area contributed by atoms with Crippen molar-refractivity contribution in [3.8, 4) is 17.2 Å². The maximum absolute atomic E-state index is 13.8. The molecule has 1 heterocycles. The minimum Gasteiger partial charge on any atom is -0.494 e. The molecule has 0 unspecified atom stereocenters. The third-order valence-electron chi connectivity index (χ3n) is 5.73. The topological polar surface area (TPSA) is 54.9 Å². The molecular weight excluding hydrogens is 458 g/mol. The van der Waals surface area contributed by atoms with Gasteiger partial charge in [-0.2, -0.15) is 0 Å². The van der Waals surface area contributed by atoms with Crippen molar-refractivity contribution >= 4 is 32.6 Å². The monoisotopic (exact) mass is 489 g/mol. The highest BCUT2D eigenvalue weighted by Crippen LogP contribution is 2.33. The molecule has 0 radical (unpaired) electrons. The summed E-state index contributed by atoms with van der Waals surface area (Å²) in [6, 6.07) is 22.7. The fourth-order valence-electron chi connectivity index (χ4n) is 3.80. The van der Waals surface area contributed by atoms with Crippen LogP contribution in [0.5, 0.6) is 17.2 Å². The number of rotatable bonds is 11. The summed E-state index contributed by atoms with van der Waals surface area (Å²) in [7, 11) is 0. The summed E-state index contributed by atoms with van der Waals surface area (Å²) >= 11 is 1.51. The van der Waals surface area contributed by atoms with E-state index in [1.54, 1.807) is 11.0 Å². The Kier molecular flexibility index (Phi) is 8.34. The number of thiazole rings is 1. The zero-order chi connectivity index (χ0) is 24.6. The molecule has 0 aliphatic carbocycles. The average Bonchev–Trinajstić information content (AvgIpc) is 3.30. The van der Waals surface area contributed by atoms with Crippen molar-refractivity contribution in [1.29, 1.82) is 0 Å². The standard InChI is InChI=1S/C28H31N3O3S/c1-4-30(5-2)17-18-31(28-29-25-16-15-23(33-6-3)20-26(25)35-28)27(32)21-11-10-14-24(19-21)34-22-12-8-7-9-13-22/h7-16,19-20H,4-6,17-18H2,1-3H3. The van der Waals surface area contributed by atoms with Crippen LogP contribution in [0, 0.1) is 0 Å². The van der Waals surface area contributed by atoms with E-state index >= 15 is 0 Å². The number of nitrogens with zero attached hydrogens (tertiary/aromatic N) is 3. The largest absolute Gasteiger partial charge is 0.494 e. The molecule has 1 amide bonds. The number of likely N-dealkylation sites (N-methyl/N-ethyl adjacent to an activating group) is 1. The Bertz CT molecular complexity index is 1250. The van der Waals surface area contributed by atoms with Crippen molar-refractivity contribution in [2.24, 2.45) is 0 Å². The van der Waals surface area contributed by atoms with Gasteiger partial charge in [0.25, 0.3) is 5.91 Å². The summed E-state index contributed by atoms with van der Waals surface area (Å²) < 4.78 is 12.6. The van der Waals surface area contributed by atoms with Gasteiger partial charge in [0.05, 0.1) is 16.8 Å². The van der Waals surface area contributed by atoms with Crippen LogP contribution in [0.15, 0.2) is 72.8 Å². The zero-order valence-corrected chi connectivity index (χ0v) is 21.3. The van der Waals surface area contributed by atoms with Gasteiger partial charge in [0, 0.05) is 18.7 Å². The van der Waals surface area contributed by atoms with Gasteiger partial charge >= 0.3 is 0 Å². The minimum atomic E-state index is -0.0974. The van der Waals surface area contributed by atoms with Crippen LogP contribution in [-0.2, 0) is 0 Å². The minimum absolute atomic E-state index is 0.0974. The van der Waals surface area contributed by atoms with Gasteiger partial charge < -0.3 is 14.4 Å². The third kappa shape index (κ3) is 6.18. The molecular formula is C28H31N3O3S. The Morgan fingerprint density at radius 2 is 1.63 bits per heavy atom. The van der Waals surface area contributed by atoms with E-state index in [1.165, 1.54) is 11.3 Å². The molecule has 35 heavy (non-hydrogen) atoms. The molecule has 0 N–H and O–H groups in total. The van der Waals surface area contributed by atoms with E-state index in [4.69, 9.17) is 14.5 Å². The second kappa shape index (κ2) is 11.8. The van der Waals surface area contributed by atoms with Crippen molar-refractivity contribution in [2.75, 3.05) is 37.7 Å². The maximum atomic E-state index is 13.8. The van der Waals surface area contributed by atoms with E-state index in [2.05, 4.69) is 18.7 Å². The number of fused-ring (bicyclic) bond motifs is 1. The molecule has 0 spiro atoms. The first-order valence-electron chi connectivity index (χ1n) is 12.0. The molecule has 0 fully saturated rings. The van der Waals surface area contributed by atoms with Crippen LogP contribution < -0.4 is 14.4 Å². The van der Waals surface area contributed by atoms with E-state index in [1.807, 2.05) is 73.7 Å². The molecule has 0 bridgehead atoms. The maximum Gasteiger partial charge on any atom is 0.260 e. The zero-order valence-electron chi connectivity index (χ0n) is 20.4. The second-order valence-electron chi connectivity index (χ2n) is 7.99. The number of carbonyl (C=O) groups is 1. The fourth-order valence-corrected chi connectivity index (χ4v) is 4.82. The number of hydrogen-bond donors (Lipinski definition) is 0. The van der Waals surface area contributed by atoms with Gasteiger partial charge in [0.2, 0.25) is 0 Å². The molecule has 0 aliphatic heterocycles. The van der Waals surface area contributed by atoms with Crippen molar-refractivity contribution in [3.63, 3.8) is 0 Å². The molecule has 0 saturated heterocycles. The van der Waals surface area contributed by atoms with Crippen LogP contribution in [0.25, 0.3) is 10.2 Å². The summed E-state index contributed by atoms with van der Waals surface area (Å²) in [4.78, 5) is 22.7. The Hall–Kier alpha value is -3.42. The Morgan fingerprint density at radius 3 is 2.37 bits per heavy atom. The van der Waals surface area contributed by atoms with Crippen LogP contribution >= 0.6 is 11.3 Å². The second-order valence-corrected chi connectivity index (χ2v) is 8.99. The van der Waals surface area contributed by atoms with Crippen LogP contribution in [0.1, 0.15) is 31.1 Å². The number of amides is 1. The quantitative estimate of drug-likeness (QED) is 0.241. The first-order valence-corrected chi connectivity index (χ1v) is 12.8. The predicted octanol–water partition coefficient (Wildman–Crippen LogP) is 6.48. The summed E-state index contributed by atoms with van der Waals surface area (Å²) in [6.45, 7) is 9.99. The summed E-state index contributed by atoms with van der Waals surface area (Å²) in [5.41, 5.74) is 1.42. The Morgan fingerprint density at radius 1 is 0.857 bits per heavy atom. The molecule has 4 rings (SSSR count). The molecule has 0 atom stereocenters. The van der Waals surface area contributed by atoms with Gasteiger partial charge in [-0.05, 0) is 68.5 Å². The summed E-state index contributed by atoms with van der Waals surface area (Å²) in [6.07, 6.45) is 0. The number of aromatic nitrogens is 1. The predicted molar refractivity (Wildman–Crippen MR) is 143 cm³/mol. The number of benzene rings is 3. The lowest BCUT2D eigenvalue weighted by atomic mass is 10.2. The van der Waals surface area contributed by atoms with E-state index in [0.717, 1.165) is 41.3 Å². The highest BCUT2D eigenvalue weighted by atomic mass is 32.1. The van der Waals surface area contributed by atoms with Crippen molar-refractivity contribution in [1.82, 2.24) is 9.88 Å². The van der Waals surface area contributed by atoms with E-state index in [9.17, 15) is 4.79 Å². The Balaban J connectivity index is 1.64. The van der Waals surface area contributed by atoms with Gasteiger partial charge in [0.1, 0.15) is 17.2 Å². The highest BCUT2D eigenvalue weighted by Gasteiger charge is 2.22. The number of ether oxygens (including phenoxy) is 2. The van der Waals surface area contributed by atoms with Crippen molar-refractivity contribution in [2.45, 2.75) is 20.8 Å². The molecule has 4 aromatic rings. The van der Waals surface area contributed by atoms with Crippen LogP contribution in [-0.4, -0.2) is 48.6 Å². The molecule has 1 aromatic heterocycles. The Labute approximate surface area is 210 Å². The van der Waals surface area contributed by atoms with Gasteiger partial charge in [0.15, 0.2) is 5.13 Å². The van der Waals surface area contributed by atoms with Gasteiger partial charge in [-0.1, -0.05) is 49.4 Å². The van der Waals surface area contributed by atoms with Crippen LogP contribution in [0.4, 0.5) is 5.13 Å². The van der Waals surface area contributed by atoms with Crippen LogP contribution in [0.2, 0.25) is 0 Å². The molecule has 7 heteroatoms. The van der Waals surface area contributed by atoms with E-state index in [0.29, 0.717) is 29.6 Å². The third-order valence-corrected chi connectivity index (χ3v) is 6.77. The number of hydrogen-bond acceptors (Lipinski definition) is 6. The molecule has 0 saturated carbocycles. The SMILES string of the molecule is CCOc1ccc2nc(N(CCN(CC)CC)C(=O)c3cccc(Oc4ccccc4)c3)sc2c1. The average molecular weight is 490 g/mol. The number of carbonyl (C=O) groups excluding carboxylic acids is 1. The first-order chi connectivity index (χ1) is 17.1. The number of para-hydroxylation sites is 1. The molecule has 182 valence electrons. The smallest absolute Gasteiger partial charge is 0.260 e. The lowest BCUT2D eigenvalue weighted by Crippen LogP contribution is -2.38.